The topological polar surface area (TPSA) is 0 Å². The number of thiophene rings is 1. The van der Waals surface area contributed by atoms with Crippen LogP contribution in [0.1, 0.15) is 147 Å². The highest BCUT2D eigenvalue weighted by atomic mass is 79.9. The molecule has 0 atom stereocenters. The van der Waals surface area contributed by atoms with E-state index >= 15 is 0 Å². The summed E-state index contributed by atoms with van der Waals surface area (Å²) in [4.78, 5) is 0. The minimum absolute atomic E-state index is 0.343. The lowest BCUT2D eigenvalue weighted by Crippen LogP contribution is -1.84. The zero-order chi connectivity index (χ0) is 63.7. The highest BCUT2D eigenvalue weighted by molar-refractivity contribution is 9.10. The Bertz CT molecular complexity index is 4370. The first kappa shape index (κ1) is 66.6. The molecule has 0 unspecified atom stereocenters. The fourth-order valence-electron chi connectivity index (χ4n) is 8.58. The van der Waals surface area contributed by atoms with Crippen molar-refractivity contribution in [2.45, 2.75) is 111 Å². The van der Waals surface area contributed by atoms with Crippen LogP contribution in [0.25, 0.3) is 21.9 Å². The van der Waals surface area contributed by atoms with Crippen LogP contribution in [0.2, 0.25) is 10.0 Å². The van der Waals surface area contributed by atoms with Crippen molar-refractivity contribution < 1.29 is 0 Å². The number of aryl methyl sites for hydroxylation is 2. The second-order valence-corrected chi connectivity index (χ2v) is 27.4. The van der Waals surface area contributed by atoms with Gasteiger partial charge in [-0.3, -0.25) is 0 Å². The van der Waals surface area contributed by atoms with Gasteiger partial charge >= 0.3 is 0 Å². The average Bonchev–Trinajstić information content (AvgIpc) is 2.28. The van der Waals surface area contributed by atoms with Crippen molar-refractivity contribution in [2.75, 3.05) is 0 Å². The van der Waals surface area contributed by atoms with Gasteiger partial charge < -0.3 is 0 Å². The van der Waals surface area contributed by atoms with E-state index in [1.807, 2.05) is 79.7 Å². The van der Waals surface area contributed by atoms with Crippen molar-refractivity contribution in [3.05, 3.63) is 269 Å². The van der Waals surface area contributed by atoms with Gasteiger partial charge in [0.15, 0.2) is 0 Å². The fourth-order valence-corrected chi connectivity index (χ4v) is 10.0. The van der Waals surface area contributed by atoms with Crippen LogP contribution in [0.4, 0.5) is 0 Å². The summed E-state index contributed by atoms with van der Waals surface area (Å²) in [6.07, 6.45) is 18.0. The van der Waals surface area contributed by atoms with Gasteiger partial charge in [0.2, 0.25) is 0 Å². The standard InChI is InChI=1S/C17H14.C15H12.C12H11Br.C12H11Cl.C12H12.C11H9Cl.C9H8S/c1-2-4-16(5-3-1)17-12-10-15(11-13-17)9-8-14-6-7-14;1-2-7-15-13(4-1)5-3-6-14(15)11-10-12-8-9-12;1-9-8-12(13)7-6-11(9)5-4-10-2-3-10;1-9-2-3-11(8-12(9)13)7-6-10-4-5-10;1-12(9-10-12)8-7-11-5-3-2-4-6-11;12-11-3-1-2-10(8-11)7-6-9-4-5-9;1-2-8(1)3-4-9-5-6-10-7-9/h1-5,10-14H,6-7H2;1-7,12H,8-9H2;6-8,10H,2-3H2,1H3;2-3,8,10H,4-5H2,1H3;2-6H,9-10H2,1H3;1-3,8-9H,4-5H2;5-8H,1-2H2. The average molecular weight is 1320 g/mol. The van der Waals surface area contributed by atoms with E-state index in [1.54, 1.807) is 11.3 Å². The molecular weight excluding hydrogens is 1240 g/mol. The molecule has 0 radical (unpaired) electrons. The van der Waals surface area contributed by atoms with Crippen LogP contribution in [-0.2, 0) is 0 Å². The molecule has 7 fully saturated rings. The summed E-state index contributed by atoms with van der Waals surface area (Å²) in [6, 6.07) is 65.8. The monoisotopic (exact) mass is 1310 g/mol. The van der Waals surface area contributed by atoms with Gasteiger partial charge in [-0.05, 0) is 234 Å². The van der Waals surface area contributed by atoms with Crippen LogP contribution < -0.4 is 0 Å². The Kier molecular flexibility index (Phi) is 24.9. The smallest absolute Gasteiger partial charge is 0.0447 e. The predicted octanol–water partition coefficient (Wildman–Crippen LogP) is 23.1. The molecule has 92 heavy (non-hydrogen) atoms. The molecule has 16 rings (SSSR count). The molecule has 0 amide bonds. The van der Waals surface area contributed by atoms with Gasteiger partial charge in [0.25, 0.3) is 0 Å². The first-order chi connectivity index (χ1) is 44.9. The Balaban J connectivity index is 0.000000118. The summed E-state index contributed by atoms with van der Waals surface area (Å²) in [5.74, 6) is 49.2. The van der Waals surface area contributed by atoms with Crippen molar-refractivity contribution in [2.24, 2.45) is 40.9 Å². The normalized spacial score (nSPS) is 15.2. The van der Waals surface area contributed by atoms with E-state index in [9.17, 15) is 0 Å². The number of halogens is 3. The van der Waals surface area contributed by atoms with Gasteiger partial charge in [0.1, 0.15) is 0 Å². The first-order valence-electron chi connectivity index (χ1n) is 32.5. The minimum Gasteiger partial charge on any atom is -0.151 e. The van der Waals surface area contributed by atoms with E-state index in [0.717, 1.165) is 53.8 Å². The van der Waals surface area contributed by atoms with E-state index in [2.05, 4.69) is 245 Å². The maximum atomic E-state index is 5.98. The van der Waals surface area contributed by atoms with E-state index < -0.39 is 0 Å². The molecule has 1 heterocycles. The third-order valence-electron chi connectivity index (χ3n) is 15.7. The maximum absolute atomic E-state index is 5.98. The van der Waals surface area contributed by atoms with Crippen molar-refractivity contribution in [1.82, 2.24) is 0 Å². The summed E-state index contributed by atoms with van der Waals surface area (Å²) >= 11 is 16.9. The molecule has 8 aromatic carbocycles. The van der Waals surface area contributed by atoms with Gasteiger partial charge in [-0.25, -0.2) is 0 Å². The largest absolute Gasteiger partial charge is 0.151 e. The van der Waals surface area contributed by atoms with Crippen LogP contribution in [0.5, 0.6) is 0 Å². The van der Waals surface area contributed by atoms with Gasteiger partial charge in [-0.1, -0.05) is 231 Å². The van der Waals surface area contributed by atoms with Gasteiger partial charge in [0.05, 0.1) is 0 Å². The number of benzene rings is 8. The Morgan fingerprint density at radius 2 is 0.859 bits per heavy atom. The second kappa shape index (κ2) is 34.4. The summed E-state index contributed by atoms with van der Waals surface area (Å²) in [5, 5.41) is 8.28. The summed E-state index contributed by atoms with van der Waals surface area (Å²) in [6.45, 7) is 6.32. The summed E-state index contributed by atoms with van der Waals surface area (Å²) in [7, 11) is 0. The Labute approximate surface area is 571 Å². The van der Waals surface area contributed by atoms with Gasteiger partial charge in [-0.2, -0.15) is 11.3 Å². The molecule has 0 aliphatic heterocycles. The molecule has 4 heteroatoms. The van der Waals surface area contributed by atoms with E-state index in [0.29, 0.717) is 35.0 Å². The molecular formula is C88H77BrCl2S. The molecule has 0 N–H and O–H groups in total. The third kappa shape index (κ3) is 25.4. The zero-order valence-electron chi connectivity index (χ0n) is 53.0. The summed E-state index contributed by atoms with van der Waals surface area (Å²) in [5.41, 5.74) is 13.0. The van der Waals surface area contributed by atoms with Gasteiger partial charge in [-0.15, -0.1) is 0 Å². The van der Waals surface area contributed by atoms with Crippen molar-refractivity contribution in [1.29, 1.82) is 0 Å². The SMILES string of the molecule is C(#CC1CC1)c1ccc(-c2ccccc2)cc1.C(#CC1CC1)c1cccc2ccccc12.C(#CC1CC1)c1ccsc1.CC1(C#Cc2ccccc2)CC1.Cc1cc(Br)ccc1C#CC1CC1.Cc1ccc(C#CC2CC2)cc1Cl.Clc1cccc(C#CC2CC2)c1. The fraction of sp³-hybridized carbons (Fsp3) is 0.273. The lowest BCUT2D eigenvalue weighted by molar-refractivity contribution is 0.783. The Hall–Kier alpha value is -8.30. The van der Waals surface area contributed by atoms with Crippen LogP contribution in [0.3, 0.4) is 0 Å². The highest BCUT2D eigenvalue weighted by Crippen LogP contribution is 2.44. The minimum atomic E-state index is 0.343. The van der Waals surface area contributed by atoms with Crippen molar-refractivity contribution >= 4 is 61.2 Å². The van der Waals surface area contributed by atoms with E-state index in [1.165, 1.54) is 128 Å². The quantitative estimate of drug-likeness (QED) is 0.144. The molecule has 7 aliphatic rings. The number of rotatable bonds is 1. The van der Waals surface area contributed by atoms with Crippen LogP contribution >= 0.6 is 50.5 Å². The van der Waals surface area contributed by atoms with Crippen LogP contribution in [0.15, 0.2) is 209 Å². The molecule has 0 bridgehead atoms. The van der Waals surface area contributed by atoms with Crippen LogP contribution in [0, 0.1) is 138 Å². The molecule has 1 aromatic heterocycles. The predicted molar refractivity (Wildman–Crippen MR) is 395 cm³/mol. The van der Waals surface area contributed by atoms with Crippen molar-refractivity contribution in [3.63, 3.8) is 0 Å². The highest BCUT2D eigenvalue weighted by Gasteiger charge is 2.35. The van der Waals surface area contributed by atoms with E-state index in [4.69, 9.17) is 23.2 Å². The lowest BCUT2D eigenvalue weighted by atomic mass is 10.0. The molecule has 0 spiro atoms. The Morgan fingerprint density at radius 1 is 0.391 bits per heavy atom. The molecule has 0 nitrogen and oxygen atoms in total. The molecule has 9 aromatic rings. The summed E-state index contributed by atoms with van der Waals surface area (Å²) < 4.78 is 1.13. The van der Waals surface area contributed by atoms with E-state index in [-0.39, 0.29) is 0 Å². The second-order valence-electron chi connectivity index (χ2n) is 24.9. The number of fused-ring (bicyclic) bond motifs is 1. The van der Waals surface area contributed by atoms with Crippen molar-refractivity contribution in [3.8, 4) is 94.0 Å². The number of hydrogen-bond donors (Lipinski definition) is 0. The maximum Gasteiger partial charge on any atom is 0.0447 e. The number of hydrogen-bond acceptors (Lipinski definition) is 1. The molecule has 456 valence electrons. The van der Waals surface area contributed by atoms with Crippen LogP contribution in [-0.4, -0.2) is 0 Å². The zero-order valence-corrected chi connectivity index (χ0v) is 56.9. The lowest BCUT2D eigenvalue weighted by Gasteiger charge is -2.00. The first-order valence-corrected chi connectivity index (χ1v) is 35.0. The molecule has 7 aliphatic carbocycles. The molecule has 0 saturated heterocycles. The molecule has 7 saturated carbocycles. The Morgan fingerprint density at radius 3 is 1.40 bits per heavy atom. The third-order valence-corrected chi connectivity index (χ3v) is 17.6. The van der Waals surface area contributed by atoms with Gasteiger partial charge in [0, 0.05) is 99.8 Å².